The van der Waals surface area contributed by atoms with E-state index < -0.39 is 10.0 Å². The Kier molecular flexibility index (Phi) is 5.54. The zero-order valence-electron chi connectivity index (χ0n) is 15.3. The van der Waals surface area contributed by atoms with Gasteiger partial charge in [-0.1, -0.05) is 6.42 Å². The lowest BCUT2D eigenvalue weighted by atomic mass is 9.97. The normalized spacial score (nSPS) is 25.8. The number of ether oxygens (including phenoxy) is 2. The van der Waals surface area contributed by atoms with Crippen LogP contribution >= 0.6 is 0 Å². The van der Waals surface area contributed by atoms with Gasteiger partial charge in [0.2, 0.25) is 5.09 Å². The summed E-state index contributed by atoms with van der Waals surface area (Å²) < 4.78 is 43.5. The predicted molar refractivity (Wildman–Crippen MR) is 95.6 cm³/mol. The number of nitrogens with zero attached hydrogens (tertiary/aromatic N) is 2. The van der Waals surface area contributed by atoms with Gasteiger partial charge in [-0.15, -0.1) is 0 Å². The molecule has 1 aromatic heterocycles. The van der Waals surface area contributed by atoms with Crippen molar-refractivity contribution in [3.63, 3.8) is 0 Å². The molecule has 0 aromatic carbocycles. The molecular weight excluding hydrogens is 372 g/mol. The lowest BCUT2D eigenvalue weighted by molar-refractivity contribution is -0.0970. The van der Waals surface area contributed by atoms with Crippen LogP contribution in [0.2, 0.25) is 0 Å². The van der Waals surface area contributed by atoms with Crippen LogP contribution in [-0.2, 0) is 19.5 Å². The highest BCUT2D eigenvalue weighted by Crippen LogP contribution is 2.27. The second-order valence-electron chi connectivity index (χ2n) is 7.35. The average Bonchev–Trinajstić information content (AvgIpc) is 3.40. The van der Waals surface area contributed by atoms with E-state index >= 15 is 0 Å². The minimum Gasteiger partial charge on any atom is -0.438 e. The first-order valence-corrected chi connectivity index (χ1v) is 11.1. The van der Waals surface area contributed by atoms with Gasteiger partial charge in [0.25, 0.3) is 15.9 Å². The molecule has 3 aliphatic heterocycles. The Morgan fingerprint density at radius 3 is 2.48 bits per heavy atom. The first-order valence-electron chi connectivity index (χ1n) is 9.68. The molecule has 1 unspecified atom stereocenters. The molecule has 3 saturated heterocycles. The summed E-state index contributed by atoms with van der Waals surface area (Å²) >= 11 is 0. The number of likely N-dealkylation sites (tertiary alicyclic amines) is 1. The van der Waals surface area contributed by atoms with Crippen LogP contribution in [0.3, 0.4) is 0 Å². The van der Waals surface area contributed by atoms with Crippen LogP contribution in [0.15, 0.2) is 21.6 Å². The fourth-order valence-corrected chi connectivity index (χ4v) is 5.46. The van der Waals surface area contributed by atoms with Crippen molar-refractivity contribution < 1.29 is 27.1 Å². The SMILES string of the molecule is O=C(c1ccc(S(=O)(=O)N2CCCCC2)o1)N1CCCC(C2OCCO2)C1. The molecule has 150 valence electrons. The topological polar surface area (TPSA) is 89.3 Å². The van der Waals surface area contributed by atoms with Gasteiger partial charge < -0.3 is 18.8 Å². The zero-order valence-corrected chi connectivity index (χ0v) is 16.2. The highest BCUT2D eigenvalue weighted by molar-refractivity contribution is 7.89. The molecule has 4 heterocycles. The number of furan rings is 1. The number of hydrogen-bond donors (Lipinski definition) is 0. The molecule has 3 fully saturated rings. The standard InChI is InChI=1S/C18H26N2O6S/c21-17(19-8-4-5-14(13-19)18-24-11-12-25-18)15-6-7-16(26-15)27(22,23)20-9-2-1-3-10-20/h6-7,14,18H,1-5,8-13H2. The van der Waals surface area contributed by atoms with E-state index in [1.807, 2.05) is 0 Å². The summed E-state index contributed by atoms with van der Waals surface area (Å²) in [6.45, 7) is 3.33. The van der Waals surface area contributed by atoms with Gasteiger partial charge in [0.15, 0.2) is 12.1 Å². The summed E-state index contributed by atoms with van der Waals surface area (Å²) in [5, 5.41) is -0.149. The number of carbonyl (C=O) groups excluding carboxylic acids is 1. The third kappa shape index (κ3) is 3.91. The Morgan fingerprint density at radius 2 is 1.74 bits per heavy atom. The van der Waals surface area contributed by atoms with Crippen molar-refractivity contribution in [3.05, 3.63) is 17.9 Å². The Morgan fingerprint density at radius 1 is 1.00 bits per heavy atom. The lowest BCUT2D eigenvalue weighted by Crippen LogP contribution is -2.43. The lowest BCUT2D eigenvalue weighted by Gasteiger charge is -2.34. The molecular formula is C18H26N2O6S. The van der Waals surface area contributed by atoms with E-state index in [1.165, 1.54) is 16.4 Å². The molecule has 0 N–H and O–H groups in total. The van der Waals surface area contributed by atoms with E-state index in [-0.39, 0.29) is 29.0 Å². The Bertz CT molecular complexity index is 765. The van der Waals surface area contributed by atoms with Gasteiger partial charge in [0.05, 0.1) is 13.2 Å². The Labute approximate surface area is 159 Å². The van der Waals surface area contributed by atoms with Crippen LogP contribution in [-0.4, -0.2) is 69.2 Å². The minimum absolute atomic E-state index is 0.0690. The highest BCUT2D eigenvalue weighted by atomic mass is 32.2. The second-order valence-corrected chi connectivity index (χ2v) is 9.22. The van der Waals surface area contributed by atoms with E-state index in [1.54, 1.807) is 4.90 Å². The minimum atomic E-state index is -3.67. The van der Waals surface area contributed by atoms with E-state index in [2.05, 4.69) is 0 Å². The maximum absolute atomic E-state index is 12.8. The van der Waals surface area contributed by atoms with Gasteiger partial charge in [0, 0.05) is 32.1 Å². The maximum Gasteiger partial charge on any atom is 0.289 e. The maximum atomic E-state index is 12.8. The third-order valence-electron chi connectivity index (χ3n) is 5.48. The quantitative estimate of drug-likeness (QED) is 0.767. The number of sulfonamides is 1. The molecule has 27 heavy (non-hydrogen) atoms. The molecule has 8 nitrogen and oxygen atoms in total. The van der Waals surface area contributed by atoms with Crippen molar-refractivity contribution in [3.8, 4) is 0 Å². The van der Waals surface area contributed by atoms with Crippen LogP contribution in [0.1, 0.15) is 42.7 Å². The highest BCUT2D eigenvalue weighted by Gasteiger charge is 2.35. The van der Waals surface area contributed by atoms with Crippen molar-refractivity contribution in [2.24, 2.45) is 5.92 Å². The molecule has 0 aliphatic carbocycles. The summed E-state index contributed by atoms with van der Waals surface area (Å²) in [6, 6.07) is 2.85. The summed E-state index contributed by atoms with van der Waals surface area (Å²) in [4.78, 5) is 14.5. The molecule has 0 spiro atoms. The monoisotopic (exact) mass is 398 g/mol. The molecule has 4 rings (SSSR count). The number of hydrogen-bond acceptors (Lipinski definition) is 6. The Hall–Kier alpha value is -1.42. The summed E-state index contributed by atoms with van der Waals surface area (Å²) in [5.41, 5.74) is 0. The molecule has 1 amide bonds. The molecule has 0 radical (unpaired) electrons. The van der Waals surface area contributed by atoms with Gasteiger partial charge in [-0.3, -0.25) is 4.79 Å². The van der Waals surface area contributed by atoms with Crippen molar-refractivity contribution in [2.45, 2.75) is 43.5 Å². The van der Waals surface area contributed by atoms with Gasteiger partial charge >= 0.3 is 0 Å². The summed E-state index contributed by atoms with van der Waals surface area (Å²) in [7, 11) is -3.67. The van der Waals surface area contributed by atoms with Crippen LogP contribution < -0.4 is 0 Å². The number of amides is 1. The number of carbonyl (C=O) groups is 1. The summed E-state index contributed by atoms with van der Waals surface area (Å²) in [6.07, 6.45) is 4.30. The van der Waals surface area contributed by atoms with Crippen LogP contribution in [0.25, 0.3) is 0 Å². The molecule has 0 saturated carbocycles. The Balaban J connectivity index is 1.45. The smallest absolute Gasteiger partial charge is 0.289 e. The first-order chi connectivity index (χ1) is 13.1. The van der Waals surface area contributed by atoms with E-state index in [4.69, 9.17) is 13.9 Å². The van der Waals surface area contributed by atoms with Gasteiger partial charge in [0.1, 0.15) is 0 Å². The predicted octanol–water partition coefficient (Wildman–Crippen LogP) is 1.68. The van der Waals surface area contributed by atoms with E-state index in [0.717, 1.165) is 32.1 Å². The summed E-state index contributed by atoms with van der Waals surface area (Å²) in [5.74, 6) is -0.0750. The van der Waals surface area contributed by atoms with Crippen molar-refractivity contribution in [1.82, 2.24) is 9.21 Å². The van der Waals surface area contributed by atoms with Gasteiger partial charge in [-0.05, 0) is 37.8 Å². The molecule has 1 atom stereocenters. The molecule has 0 bridgehead atoms. The van der Waals surface area contributed by atoms with Gasteiger partial charge in [-0.25, -0.2) is 8.42 Å². The van der Waals surface area contributed by atoms with Crippen LogP contribution in [0.5, 0.6) is 0 Å². The van der Waals surface area contributed by atoms with Crippen molar-refractivity contribution >= 4 is 15.9 Å². The molecule has 9 heteroatoms. The molecule has 1 aromatic rings. The van der Waals surface area contributed by atoms with Gasteiger partial charge in [-0.2, -0.15) is 4.31 Å². The van der Waals surface area contributed by atoms with Crippen LogP contribution in [0.4, 0.5) is 0 Å². The van der Waals surface area contributed by atoms with Crippen LogP contribution in [0, 0.1) is 5.92 Å². The largest absolute Gasteiger partial charge is 0.438 e. The number of rotatable bonds is 4. The van der Waals surface area contributed by atoms with Crippen molar-refractivity contribution in [2.75, 3.05) is 39.4 Å². The first kappa shape index (κ1) is 18.9. The fourth-order valence-electron chi connectivity index (χ4n) is 4.03. The molecule has 3 aliphatic rings. The third-order valence-corrected chi connectivity index (χ3v) is 7.25. The average molecular weight is 398 g/mol. The zero-order chi connectivity index (χ0) is 18.9. The number of piperidine rings is 2. The van der Waals surface area contributed by atoms with E-state index in [0.29, 0.717) is 39.4 Å². The fraction of sp³-hybridized carbons (Fsp3) is 0.722. The van der Waals surface area contributed by atoms with Crippen molar-refractivity contribution in [1.29, 1.82) is 0 Å². The van der Waals surface area contributed by atoms with E-state index in [9.17, 15) is 13.2 Å². The second kappa shape index (κ2) is 7.90.